The topological polar surface area (TPSA) is 21.3 Å². The highest BCUT2D eigenvalue weighted by Gasteiger charge is 2.39. The normalized spacial score (nSPS) is 33.7. The first-order valence-corrected chi connectivity index (χ1v) is 7.86. The lowest BCUT2D eigenvalue weighted by atomic mass is 9.77. The first kappa shape index (κ1) is 14.3. The van der Waals surface area contributed by atoms with Crippen molar-refractivity contribution in [2.75, 3.05) is 6.54 Å². The average Bonchev–Trinajstić information content (AvgIpc) is 3.09. The van der Waals surface area contributed by atoms with E-state index in [1.807, 2.05) is 0 Å². The number of hydrogen-bond acceptors (Lipinski definition) is 2. The Kier molecular flexibility index (Phi) is 4.38. The van der Waals surface area contributed by atoms with Crippen LogP contribution in [0.5, 0.6) is 0 Å². The molecule has 2 aliphatic carbocycles. The lowest BCUT2D eigenvalue weighted by Gasteiger charge is -2.44. The van der Waals surface area contributed by atoms with Gasteiger partial charge in [-0.3, -0.25) is 0 Å². The second-order valence-electron chi connectivity index (χ2n) is 7.40. The minimum absolute atomic E-state index is 0.0235. The summed E-state index contributed by atoms with van der Waals surface area (Å²) in [6.45, 7) is 9.96. The van der Waals surface area contributed by atoms with Crippen LogP contribution in [0.15, 0.2) is 0 Å². The van der Waals surface area contributed by atoms with Crippen LogP contribution in [0, 0.1) is 5.92 Å². The summed E-state index contributed by atoms with van der Waals surface area (Å²) in [6, 6.07) is 0.786. The highest BCUT2D eigenvalue weighted by Crippen LogP contribution is 2.39. The van der Waals surface area contributed by atoms with Gasteiger partial charge < -0.3 is 10.1 Å². The van der Waals surface area contributed by atoms with E-state index in [1.165, 1.54) is 44.9 Å². The zero-order valence-corrected chi connectivity index (χ0v) is 12.7. The van der Waals surface area contributed by atoms with E-state index in [0.717, 1.165) is 18.5 Å². The molecule has 0 aromatic heterocycles. The fourth-order valence-electron chi connectivity index (χ4n) is 3.19. The Hall–Kier alpha value is -0.0800. The Morgan fingerprint density at radius 2 is 1.72 bits per heavy atom. The molecule has 1 N–H and O–H groups in total. The summed E-state index contributed by atoms with van der Waals surface area (Å²) in [4.78, 5) is 0. The van der Waals surface area contributed by atoms with E-state index in [2.05, 4.69) is 33.0 Å². The number of nitrogens with one attached hydrogen (secondary N) is 1. The summed E-state index contributed by atoms with van der Waals surface area (Å²) in [5, 5.41) is 3.70. The fourth-order valence-corrected chi connectivity index (χ4v) is 3.19. The first-order chi connectivity index (χ1) is 8.42. The van der Waals surface area contributed by atoms with Crippen molar-refractivity contribution in [3.8, 4) is 0 Å². The van der Waals surface area contributed by atoms with Crippen LogP contribution >= 0.6 is 0 Å². The van der Waals surface area contributed by atoms with E-state index >= 15 is 0 Å². The molecule has 106 valence electrons. The molecule has 2 nitrogen and oxygen atoms in total. The molecule has 2 aliphatic rings. The predicted molar refractivity (Wildman–Crippen MR) is 76.8 cm³/mol. The van der Waals surface area contributed by atoms with Gasteiger partial charge in [-0.05, 0) is 65.2 Å². The third kappa shape index (κ3) is 4.24. The number of rotatable bonds is 5. The Bertz CT molecular complexity index is 257. The van der Waals surface area contributed by atoms with Crippen molar-refractivity contribution in [2.24, 2.45) is 5.92 Å². The molecule has 0 aromatic rings. The Morgan fingerprint density at radius 1 is 1.11 bits per heavy atom. The van der Waals surface area contributed by atoms with Gasteiger partial charge in [0.15, 0.2) is 0 Å². The molecule has 18 heavy (non-hydrogen) atoms. The van der Waals surface area contributed by atoms with Crippen LogP contribution in [0.1, 0.15) is 72.6 Å². The molecule has 2 heteroatoms. The highest BCUT2D eigenvalue weighted by atomic mass is 16.5. The van der Waals surface area contributed by atoms with Gasteiger partial charge in [0.2, 0.25) is 0 Å². The van der Waals surface area contributed by atoms with Crippen LogP contribution in [0.25, 0.3) is 0 Å². The largest absolute Gasteiger partial charge is 0.368 e. The average molecular weight is 253 g/mol. The van der Waals surface area contributed by atoms with Crippen LogP contribution in [0.4, 0.5) is 0 Å². The molecule has 0 spiro atoms. The standard InChI is InChI=1S/C16H31NO/c1-5-13-8-10-16(11-9-13,18-15(2,3)4)12-17-14-6-7-14/h13-14,17H,5-12H2,1-4H3. The SMILES string of the molecule is CCC1CCC(CNC2CC2)(OC(C)(C)C)CC1. The van der Waals surface area contributed by atoms with Gasteiger partial charge in [0, 0.05) is 12.6 Å². The molecule has 0 aliphatic heterocycles. The summed E-state index contributed by atoms with van der Waals surface area (Å²) in [5.74, 6) is 0.933. The van der Waals surface area contributed by atoms with Crippen molar-refractivity contribution in [3.05, 3.63) is 0 Å². The van der Waals surface area contributed by atoms with Gasteiger partial charge in [0.1, 0.15) is 0 Å². The quantitative estimate of drug-likeness (QED) is 0.802. The van der Waals surface area contributed by atoms with Crippen molar-refractivity contribution in [2.45, 2.75) is 89.9 Å². The molecule has 0 heterocycles. The molecule has 0 aromatic carbocycles. The van der Waals surface area contributed by atoms with Crippen LogP contribution < -0.4 is 5.32 Å². The number of hydrogen-bond donors (Lipinski definition) is 1. The van der Waals surface area contributed by atoms with E-state index in [9.17, 15) is 0 Å². The van der Waals surface area contributed by atoms with Crippen molar-refractivity contribution in [1.82, 2.24) is 5.32 Å². The minimum atomic E-state index is -0.0235. The van der Waals surface area contributed by atoms with Gasteiger partial charge >= 0.3 is 0 Å². The lowest BCUT2D eigenvalue weighted by Crippen LogP contribution is -2.50. The van der Waals surface area contributed by atoms with Crippen molar-refractivity contribution in [1.29, 1.82) is 0 Å². The molecule has 0 amide bonds. The molecular formula is C16H31NO. The van der Waals surface area contributed by atoms with E-state index in [0.29, 0.717) is 0 Å². The molecule has 0 radical (unpaired) electrons. The van der Waals surface area contributed by atoms with Gasteiger partial charge in [-0.2, -0.15) is 0 Å². The minimum Gasteiger partial charge on any atom is -0.368 e. The summed E-state index contributed by atoms with van der Waals surface area (Å²) in [6.07, 6.45) is 9.23. The summed E-state index contributed by atoms with van der Waals surface area (Å²) in [5.41, 5.74) is 0.0802. The van der Waals surface area contributed by atoms with Crippen LogP contribution in [-0.4, -0.2) is 23.8 Å². The van der Waals surface area contributed by atoms with Crippen LogP contribution in [0.3, 0.4) is 0 Å². The molecular weight excluding hydrogens is 222 g/mol. The van der Waals surface area contributed by atoms with Gasteiger partial charge in [0.25, 0.3) is 0 Å². The van der Waals surface area contributed by atoms with Crippen molar-refractivity contribution >= 4 is 0 Å². The molecule has 0 atom stereocenters. The molecule has 2 rings (SSSR count). The van der Waals surface area contributed by atoms with Crippen LogP contribution in [-0.2, 0) is 4.74 Å². The smallest absolute Gasteiger partial charge is 0.0813 e. The summed E-state index contributed by atoms with van der Waals surface area (Å²) < 4.78 is 6.47. The Labute approximate surface area is 113 Å². The fraction of sp³-hybridized carbons (Fsp3) is 1.00. The maximum Gasteiger partial charge on any atom is 0.0813 e. The lowest BCUT2D eigenvalue weighted by molar-refractivity contribution is -0.151. The van der Waals surface area contributed by atoms with Crippen LogP contribution in [0.2, 0.25) is 0 Å². The zero-order valence-electron chi connectivity index (χ0n) is 12.7. The molecule has 2 saturated carbocycles. The molecule has 0 saturated heterocycles. The van der Waals surface area contributed by atoms with E-state index < -0.39 is 0 Å². The van der Waals surface area contributed by atoms with Gasteiger partial charge in [-0.15, -0.1) is 0 Å². The summed E-state index contributed by atoms with van der Waals surface area (Å²) >= 11 is 0. The van der Waals surface area contributed by atoms with E-state index in [1.54, 1.807) is 0 Å². The third-order valence-corrected chi connectivity index (χ3v) is 4.41. The van der Waals surface area contributed by atoms with E-state index in [4.69, 9.17) is 4.74 Å². The Balaban J connectivity index is 1.93. The van der Waals surface area contributed by atoms with Gasteiger partial charge in [0.05, 0.1) is 11.2 Å². The second-order valence-corrected chi connectivity index (χ2v) is 7.40. The molecule has 0 unspecified atom stereocenters. The van der Waals surface area contributed by atoms with Gasteiger partial charge in [-0.1, -0.05) is 13.3 Å². The molecule has 0 bridgehead atoms. The first-order valence-electron chi connectivity index (χ1n) is 7.86. The zero-order chi connectivity index (χ0) is 13.2. The monoisotopic (exact) mass is 253 g/mol. The number of ether oxygens (including phenoxy) is 1. The molecule has 2 fully saturated rings. The third-order valence-electron chi connectivity index (χ3n) is 4.41. The maximum absolute atomic E-state index is 6.47. The van der Waals surface area contributed by atoms with Gasteiger partial charge in [-0.25, -0.2) is 0 Å². The maximum atomic E-state index is 6.47. The second kappa shape index (κ2) is 5.50. The Morgan fingerprint density at radius 3 is 2.17 bits per heavy atom. The highest BCUT2D eigenvalue weighted by molar-refractivity contribution is 4.93. The van der Waals surface area contributed by atoms with Crippen molar-refractivity contribution in [3.63, 3.8) is 0 Å². The van der Waals surface area contributed by atoms with E-state index in [-0.39, 0.29) is 11.2 Å². The predicted octanol–water partition coefficient (Wildman–Crippen LogP) is 3.89. The van der Waals surface area contributed by atoms with Crippen molar-refractivity contribution < 1.29 is 4.74 Å². The summed E-state index contributed by atoms with van der Waals surface area (Å²) in [7, 11) is 0.